The van der Waals surface area contributed by atoms with Gasteiger partial charge in [-0.05, 0) is 67.6 Å². The molecule has 2 heterocycles. The molecule has 2 aromatic rings. The molecule has 1 aliphatic heterocycles. The molecule has 156 valence electrons. The summed E-state index contributed by atoms with van der Waals surface area (Å²) in [6.45, 7) is 5.38. The van der Waals surface area contributed by atoms with Gasteiger partial charge < -0.3 is 10.6 Å². The minimum atomic E-state index is -0.163. The molecule has 0 spiro atoms. The third-order valence-electron chi connectivity index (χ3n) is 5.37. The van der Waals surface area contributed by atoms with Gasteiger partial charge >= 0.3 is 0 Å². The van der Waals surface area contributed by atoms with Crippen molar-refractivity contribution < 1.29 is 9.59 Å². The molecule has 7 heteroatoms. The van der Waals surface area contributed by atoms with Crippen molar-refractivity contribution in [3.8, 4) is 0 Å². The zero-order valence-electron chi connectivity index (χ0n) is 16.7. The Labute approximate surface area is 185 Å². The van der Waals surface area contributed by atoms with E-state index in [9.17, 15) is 9.59 Å². The Morgan fingerprint density at radius 1 is 1.17 bits per heavy atom. The van der Waals surface area contributed by atoms with Gasteiger partial charge in [0.25, 0.3) is 5.91 Å². The number of amides is 2. The van der Waals surface area contributed by atoms with Gasteiger partial charge in [-0.15, -0.1) is 11.3 Å². The highest BCUT2D eigenvalue weighted by Gasteiger charge is 2.25. The number of halogens is 1. The molecule has 29 heavy (non-hydrogen) atoms. The Morgan fingerprint density at radius 2 is 1.90 bits per heavy atom. The standard InChI is InChI=1S/C22H28BrN3O2S/c1-16-9-12-26(13-10-16)19(20-3-2-14-29-20)15-25-21(27)8-11-24-22(28)17-4-6-18(23)7-5-17/h2-7,14,16,19H,8-13,15H2,1H3,(H,24,28)(H,25,27). The molecule has 3 rings (SSSR count). The van der Waals surface area contributed by atoms with Crippen LogP contribution in [0.5, 0.6) is 0 Å². The van der Waals surface area contributed by atoms with Crippen molar-refractivity contribution in [3.05, 3.63) is 56.7 Å². The zero-order valence-corrected chi connectivity index (χ0v) is 19.1. The molecule has 0 saturated carbocycles. The normalized spacial score (nSPS) is 16.3. The van der Waals surface area contributed by atoms with Crippen molar-refractivity contribution in [2.75, 3.05) is 26.2 Å². The number of likely N-dealkylation sites (tertiary alicyclic amines) is 1. The van der Waals surface area contributed by atoms with Crippen LogP contribution in [-0.2, 0) is 4.79 Å². The maximum Gasteiger partial charge on any atom is 0.251 e. The molecule has 0 aliphatic carbocycles. The summed E-state index contributed by atoms with van der Waals surface area (Å²) in [5.74, 6) is 0.580. The third kappa shape index (κ3) is 6.66. The number of benzene rings is 1. The highest BCUT2D eigenvalue weighted by Crippen LogP contribution is 2.29. The predicted octanol–water partition coefficient (Wildman–Crippen LogP) is 4.22. The van der Waals surface area contributed by atoms with E-state index in [0.29, 0.717) is 18.7 Å². The SMILES string of the molecule is CC1CCN(C(CNC(=O)CCNC(=O)c2ccc(Br)cc2)c2cccs2)CC1. The quantitative estimate of drug-likeness (QED) is 0.598. The third-order valence-corrected chi connectivity index (χ3v) is 6.87. The molecule has 5 nitrogen and oxygen atoms in total. The van der Waals surface area contributed by atoms with Gasteiger partial charge in [-0.25, -0.2) is 0 Å². The van der Waals surface area contributed by atoms with Gasteiger partial charge in [0.05, 0.1) is 6.04 Å². The highest BCUT2D eigenvalue weighted by atomic mass is 79.9. The molecule has 2 amide bonds. The van der Waals surface area contributed by atoms with Crippen molar-refractivity contribution in [1.82, 2.24) is 15.5 Å². The second-order valence-electron chi connectivity index (χ2n) is 7.57. The number of nitrogens with one attached hydrogen (secondary N) is 2. The van der Waals surface area contributed by atoms with Crippen LogP contribution in [0.15, 0.2) is 46.3 Å². The molecule has 1 atom stereocenters. The first-order valence-corrected chi connectivity index (χ1v) is 11.8. The van der Waals surface area contributed by atoms with E-state index in [-0.39, 0.29) is 24.3 Å². The van der Waals surface area contributed by atoms with Crippen LogP contribution in [0.1, 0.15) is 47.5 Å². The lowest BCUT2D eigenvalue weighted by atomic mass is 9.97. The van der Waals surface area contributed by atoms with Crippen LogP contribution in [0, 0.1) is 5.92 Å². The summed E-state index contributed by atoms with van der Waals surface area (Å²) in [5, 5.41) is 7.97. The van der Waals surface area contributed by atoms with Crippen LogP contribution in [0.25, 0.3) is 0 Å². The topological polar surface area (TPSA) is 61.4 Å². The van der Waals surface area contributed by atoms with E-state index >= 15 is 0 Å². The van der Waals surface area contributed by atoms with Crippen LogP contribution >= 0.6 is 27.3 Å². The van der Waals surface area contributed by atoms with Crippen LogP contribution in [0.3, 0.4) is 0 Å². The van der Waals surface area contributed by atoms with Crippen molar-refractivity contribution in [3.63, 3.8) is 0 Å². The zero-order chi connectivity index (χ0) is 20.6. The predicted molar refractivity (Wildman–Crippen MR) is 121 cm³/mol. The number of hydrogen-bond donors (Lipinski definition) is 2. The summed E-state index contributed by atoms with van der Waals surface area (Å²) in [4.78, 5) is 28.2. The highest BCUT2D eigenvalue weighted by molar-refractivity contribution is 9.10. The Balaban J connectivity index is 1.45. The summed E-state index contributed by atoms with van der Waals surface area (Å²) in [7, 11) is 0. The number of hydrogen-bond acceptors (Lipinski definition) is 4. The number of carbonyl (C=O) groups is 2. The number of rotatable bonds is 8. The maximum absolute atomic E-state index is 12.3. The van der Waals surface area contributed by atoms with Crippen LogP contribution < -0.4 is 10.6 Å². The molecule has 1 saturated heterocycles. The van der Waals surface area contributed by atoms with E-state index in [1.807, 2.05) is 12.1 Å². The van der Waals surface area contributed by atoms with Crippen LogP contribution in [0.2, 0.25) is 0 Å². The lowest BCUT2D eigenvalue weighted by Gasteiger charge is -2.36. The number of nitrogens with zero attached hydrogens (tertiary/aromatic N) is 1. The van der Waals surface area contributed by atoms with Crippen molar-refractivity contribution in [2.45, 2.75) is 32.2 Å². The second-order valence-corrected chi connectivity index (χ2v) is 9.46. The lowest BCUT2D eigenvalue weighted by Crippen LogP contribution is -2.42. The minimum absolute atomic E-state index is 0.0342. The fourth-order valence-corrected chi connectivity index (χ4v) is 4.65. The fourth-order valence-electron chi connectivity index (χ4n) is 3.52. The minimum Gasteiger partial charge on any atom is -0.354 e. The number of thiophene rings is 1. The number of carbonyl (C=O) groups excluding carboxylic acids is 2. The summed E-state index contributed by atoms with van der Waals surface area (Å²) in [6, 6.07) is 11.6. The van der Waals surface area contributed by atoms with Gasteiger partial charge in [-0.2, -0.15) is 0 Å². The molecule has 2 N–H and O–H groups in total. The Kier molecular flexibility index (Phi) is 8.27. The van der Waals surface area contributed by atoms with E-state index in [2.05, 4.69) is 55.9 Å². The summed E-state index contributed by atoms with van der Waals surface area (Å²) >= 11 is 5.10. The van der Waals surface area contributed by atoms with E-state index in [0.717, 1.165) is 23.5 Å². The molecule has 1 aromatic carbocycles. The van der Waals surface area contributed by atoms with E-state index in [1.165, 1.54) is 17.7 Å². The lowest BCUT2D eigenvalue weighted by molar-refractivity contribution is -0.121. The average Bonchev–Trinajstić information content (AvgIpc) is 3.24. The first-order chi connectivity index (χ1) is 14.0. The molecule has 0 radical (unpaired) electrons. The van der Waals surface area contributed by atoms with Gasteiger partial charge in [-0.1, -0.05) is 28.9 Å². The monoisotopic (exact) mass is 477 g/mol. The van der Waals surface area contributed by atoms with Crippen molar-refractivity contribution >= 4 is 39.1 Å². The molecule has 0 bridgehead atoms. The van der Waals surface area contributed by atoms with Crippen LogP contribution in [-0.4, -0.2) is 42.9 Å². The number of piperidine rings is 1. The maximum atomic E-state index is 12.3. The van der Waals surface area contributed by atoms with Crippen molar-refractivity contribution in [2.24, 2.45) is 5.92 Å². The molecular formula is C22H28BrN3O2S. The fraction of sp³-hybridized carbons (Fsp3) is 0.455. The van der Waals surface area contributed by atoms with Crippen LogP contribution in [0.4, 0.5) is 0 Å². The largest absolute Gasteiger partial charge is 0.354 e. The molecule has 1 fully saturated rings. The summed E-state index contributed by atoms with van der Waals surface area (Å²) in [5.41, 5.74) is 0.589. The molecular weight excluding hydrogens is 450 g/mol. The van der Waals surface area contributed by atoms with E-state index in [4.69, 9.17) is 0 Å². The van der Waals surface area contributed by atoms with Gasteiger partial charge in [0.15, 0.2) is 0 Å². The molecule has 1 aromatic heterocycles. The smallest absolute Gasteiger partial charge is 0.251 e. The summed E-state index contributed by atoms with van der Waals surface area (Å²) < 4.78 is 0.928. The Morgan fingerprint density at radius 3 is 2.55 bits per heavy atom. The Hall–Kier alpha value is -1.70. The van der Waals surface area contributed by atoms with Gasteiger partial charge in [0, 0.05) is 34.4 Å². The second kappa shape index (κ2) is 10.9. The van der Waals surface area contributed by atoms with Crippen molar-refractivity contribution in [1.29, 1.82) is 0 Å². The first kappa shape index (κ1) is 22.0. The summed E-state index contributed by atoms with van der Waals surface area (Å²) in [6.07, 6.45) is 2.69. The Bertz CT molecular complexity index is 787. The van der Waals surface area contributed by atoms with Gasteiger partial charge in [0.1, 0.15) is 0 Å². The first-order valence-electron chi connectivity index (χ1n) is 10.1. The van der Waals surface area contributed by atoms with E-state index < -0.39 is 0 Å². The van der Waals surface area contributed by atoms with Gasteiger partial charge in [0.2, 0.25) is 5.91 Å². The average molecular weight is 478 g/mol. The van der Waals surface area contributed by atoms with Gasteiger partial charge in [-0.3, -0.25) is 14.5 Å². The van der Waals surface area contributed by atoms with E-state index in [1.54, 1.807) is 23.5 Å². The molecule has 1 unspecified atom stereocenters. The molecule has 1 aliphatic rings.